The van der Waals surface area contributed by atoms with Crippen LogP contribution in [-0.4, -0.2) is 68.4 Å². The molecule has 0 spiro atoms. The maximum Gasteiger partial charge on any atom is 0.219 e. The van der Waals surface area contributed by atoms with Gasteiger partial charge in [0.15, 0.2) is 0 Å². The number of nitrogens with zero attached hydrogens (tertiary/aromatic N) is 2. The first-order chi connectivity index (χ1) is 14.6. The molecule has 2 heterocycles. The summed E-state index contributed by atoms with van der Waals surface area (Å²) in [5.74, 6) is 0.839. The van der Waals surface area contributed by atoms with Crippen LogP contribution in [0, 0.1) is 11.7 Å². The fourth-order valence-electron chi connectivity index (χ4n) is 4.61. The van der Waals surface area contributed by atoms with E-state index in [1.807, 2.05) is 17.0 Å². The molecular weight excluding hydrogens is 383 g/mol. The molecule has 0 aromatic heterocycles. The van der Waals surface area contributed by atoms with Gasteiger partial charge >= 0.3 is 0 Å². The molecular formula is C23H35FN4O2. The van der Waals surface area contributed by atoms with Crippen molar-refractivity contribution in [2.24, 2.45) is 5.92 Å². The molecule has 0 bridgehead atoms. The Hall–Kier alpha value is -2.15. The van der Waals surface area contributed by atoms with Gasteiger partial charge in [0.2, 0.25) is 12.3 Å². The molecule has 2 saturated heterocycles. The van der Waals surface area contributed by atoms with E-state index in [1.54, 1.807) is 13.1 Å². The highest BCUT2D eigenvalue weighted by atomic mass is 19.1. The van der Waals surface area contributed by atoms with Crippen molar-refractivity contribution >= 4 is 18.0 Å². The highest BCUT2D eigenvalue weighted by Gasteiger charge is 2.26. The molecule has 2 amide bonds. The molecule has 7 heteroatoms. The molecule has 0 saturated carbocycles. The van der Waals surface area contributed by atoms with Crippen LogP contribution in [0.1, 0.15) is 50.0 Å². The average Bonchev–Trinajstić information content (AvgIpc) is 2.78. The van der Waals surface area contributed by atoms with Gasteiger partial charge in [0.25, 0.3) is 0 Å². The van der Waals surface area contributed by atoms with Crippen LogP contribution in [0.2, 0.25) is 0 Å². The Labute approximate surface area is 179 Å². The number of carbonyl (C=O) groups is 2. The van der Waals surface area contributed by atoms with Crippen molar-refractivity contribution in [3.63, 3.8) is 0 Å². The fourth-order valence-corrected chi connectivity index (χ4v) is 4.61. The first-order valence-corrected chi connectivity index (χ1v) is 11.2. The average molecular weight is 419 g/mol. The highest BCUT2D eigenvalue weighted by Crippen LogP contribution is 2.32. The van der Waals surface area contributed by atoms with E-state index < -0.39 is 0 Å². The van der Waals surface area contributed by atoms with Gasteiger partial charge in [-0.3, -0.25) is 9.59 Å². The highest BCUT2D eigenvalue weighted by molar-refractivity contribution is 5.75. The lowest BCUT2D eigenvalue weighted by Gasteiger charge is -2.37. The summed E-state index contributed by atoms with van der Waals surface area (Å²) < 4.78 is 14.7. The summed E-state index contributed by atoms with van der Waals surface area (Å²) in [5, 5.41) is 5.80. The normalized spacial score (nSPS) is 18.9. The number of halogens is 1. The molecule has 2 N–H and O–H groups in total. The fraction of sp³-hybridized carbons (Fsp3) is 0.652. The maximum absolute atomic E-state index is 14.7. The zero-order valence-electron chi connectivity index (χ0n) is 18.0. The van der Waals surface area contributed by atoms with Crippen molar-refractivity contribution < 1.29 is 14.0 Å². The van der Waals surface area contributed by atoms with Gasteiger partial charge in [0.1, 0.15) is 5.82 Å². The summed E-state index contributed by atoms with van der Waals surface area (Å²) in [6.45, 7) is 5.52. The lowest BCUT2D eigenvalue weighted by Crippen LogP contribution is -2.41. The lowest BCUT2D eigenvalue weighted by molar-refractivity contribution is -0.121. The van der Waals surface area contributed by atoms with Crippen molar-refractivity contribution in [1.29, 1.82) is 0 Å². The van der Waals surface area contributed by atoms with Gasteiger partial charge in [-0.15, -0.1) is 0 Å². The van der Waals surface area contributed by atoms with Crippen LogP contribution in [-0.2, 0) is 9.59 Å². The summed E-state index contributed by atoms with van der Waals surface area (Å²) >= 11 is 0. The number of hydrogen-bond donors (Lipinski definition) is 2. The minimum atomic E-state index is -0.133. The quantitative estimate of drug-likeness (QED) is 0.478. The minimum Gasteiger partial charge on any atom is -0.385 e. The van der Waals surface area contributed by atoms with Crippen molar-refractivity contribution in [2.45, 2.75) is 44.4 Å². The lowest BCUT2D eigenvalue weighted by atomic mass is 9.88. The Morgan fingerprint density at radius 2 is 1.90 bits per heavy atom. The zero-order valence-corrected chi connectivity index (χ0v) is 18.0. The van der Waals surface area contributed by atoms with Crippen LogP contribution >= 0.6 is 0 Å². The molecule has 2 aliphatic rings. The van der Waals surface area contributed by atoms with Crippen molar-refractivity contribution in [2.75, 3.05) is 51.6 Å². The number of nitrogens with one attached hydrogen (secondary N) is 2. The second-order valence-electron chi connectivity index (χ2n) is 8.60. The summed E-state index contributed by atoms with van der Waals surface area (Å²) in [6, 6.07) is 5.46. The van der Waals surface area contributed by atoms with E-state index >= 15 is 0 Å². The maximum atomic E-state index is 14.7. The predicted octanol–water partition coefficient (Wildman–Crippen LogP) is 2.81. The van der Waals surface area contributed by atoms with Crippen LogP contribution in [0.4, 0.5) is 10.1 Å². The first kappa shape index (κ1) is 22.5. The van der Waals surface area contributed by atoms with Gasteiger partial charge in [0, 0.05) is 45.3 Å². The minimum absolute atomic E-state index is 0.0242. The predicted molar refractivity (Wildman–Crippen MR) is 117 cm³/mol. The van der Waals surface area contributed by atoms with Gasteiger partial charge in [0.05, 0.1) is 0 Å². The third-order valence-corrected chi connectivity index (χ3v) is 6.53. The van der Waals surface area contributed by atoms with Crippen LogP contribution in [0.25, 0.3) is 0 Å². The number of anilines is 1. The zero-order chi connectivity index (χ0) is 21.3. The smallest absolute Gasteiger partial charge is 0.219 e. The van der Waals surface area contributed by atoms with Crippen LogP contribution in [0.5, 0.6) is 0 Å². The Bertz CT molecular complexity index is 698. The molecule has 0 radical (unpaired) electrons. The number of benzene rings is 1. The number of piperidine rings is 2. The Kier molecular flexibility index (Phi) is 8.49. The second kappa shape index (κ2) is 11.3. The Balaban J connectivity index is 1.41. The third-order valence-electron chi connectivity index (χ3n) is 6.53. The van der Waals surface area contributed by atoms with E-state index in [4.69, 9.17) is 0 Å². The molecule has 2 aliphatic heterocycles. The van der Waals surface area contributed by atoms with Gasteiger partial charge in [-0.05, 0) is 74.7 Å². The summed E-state index contributed by atoms with van der Waals surface area (Å²) in [7, 11) is 1.63. The largest absolute Gasteiger partial charge is 0.385 e. The van der Waals surface area contributed by atoms with E-state index in [-0.39, 0.29) is 17.6 Å². The van der Waals surface area contributed by atoms with Gasteiger partial charge in [-0.1, -0.05) is 6.07 Å². The van der Waals surface area contributed by atoms with E-state index in [9.17, 15) is 14.0 Å². The molecule has 1 aromatic rings. The molecule has 166 valence electrons. The molecule has 0 aliphatic carbocycles. The van der Waals surface area contributed by atoms with Crippen LogP contribution < -0.4 is 10.6 Å². The molecule has 2 fully saturated rings. The monoisotopic (exact) mass is 418 g/mol. The third kappa shape index (κ3) is 6.42. The van der Waals surface area contributed by atoms with E-state index in [1.165, 1.54) is 0 Å². The topological polar surface area (TPSA) is 64.7 Å². The molecule has 1 aromatic carbocycles. The SMILES string of the molecule is CNC(=O)CCCNc1ccc(C2CCN(CC3CCN(C=O)CC3)CC2)c(F)c1. The number of carbonyl (C=O) groups excluding carboxylic acids is 2. The second-order valence-corrected chi connectivity index (χ2v) is 8.60. The summed E-state index contributed by atoms with van der Waals surface area (Å²) in [4.78, 5) is 26.5. The van der Waals surface area contributed by atoms with E-state index in [0.29, 0.717) is 18.9 Å². The molecule has 0 unspecified atom stereocenters. The van der Waals surface area contributed by atoms with Crippen molar-refractivity contribution in [3.8, 4) is 0 Å². The number of hydrogen-bond acceptors (Lipinski definition) is 4. The standard InChI is InChI=1S/C23H35FN4O2/c1-25-23(30)3-2-10-26-20-4-5-21(22(24)15-20)19-8-13-27(14-9-19)16-18-6-11-28(17-29)12-7-18/h4-5,15,17-19,26H,2-3,6-14,16H2,1H3,(H,25,30). The van der Waals surface area contributed by atoms with E-state index in [0.717, 1.165) is 82.5 Å². The van der Waals surface area contributed by atoms with Gasteiger partial charge in [-0.2, -0.15) is 0 Å². The molecule has 3 rings (SSSR count). The Morgan fingerprint density at radius 1 is 1.17 bits per heavy atom. The Morgan fingerprint density at radius 3 is 2.53 bits per heavy atom. The van der Waals surface area contributed by atoms with Crippen molar-refractivity contribution in [1.82, 2.24) is 15.1 Å². The first-order valence-electron chi connectivity index (χ1n) is 11.2. The number of amides is 2. The van der Waals surface area contributed by atoms with Crippen LogP contribution in [0.15, 0.2) is 18.2 Å². The summed E-state index contributed by atoms with van der Waals surface area (Å²) in [5.41, 5.74) is 1.59. The number of likely N-dealkylation sites (tertiary alicyclic amines) is 2. The molecule has 30 heavy (non-hydrogen) atoms. The number of rotatable bonds is 9. The van der Waals surface area contributed by atoms with Gasteiger partial charge in [-0.25, -0.2) is 4.39 Å². The molecule has 6 nitrogen and oxygen atoms in total. The van der Waals surface area contributed by atoms with Crippen LogP contribution in [0.3, 0.4) is 0 Å². The van der Waals surface area contributed by atoms with E-state index in [2.05, 4.69) is 15.5 Å². The van der Waals surface area contributed by atoms with Gasteiger partial charge < -0.3 is 20.4 Å². The van der Waals surface area contributed by atoms with Crippen molar-refractivity contribution in [3.05, 3.63) is 29.6 Å². The molecule has 0 atom stereocenters. The summed E-state index contributed by atoms with van der Waals surface area (Å²) in [6.07, 6.45) is 6.30.